The van der Waals surface area contributed by atoms with Crippen molar-refractivity contribution in [1.29, 1.82) is 0 Å². The van der Waals surface area contributed by atoms with Crippen LogP contribution in [0, 0.1) is 12.7 Å². The third kappa shape index (κ3) is 3.03. The van der Waals surface area contributed by atoms with Crippen LogP contribution < -0.4 is 0 Å². The van der Waals surface area contributed by atoms with Crippen LogP contribution >= 0.6 is 0 Å². The van der Waals surface area contributed by atoms with E-state index in [0.29, 0.717) is 24.3 Å². The first-order valence-corrected chi connectivity index (χ1v) is 5.07. The number of likely N-dealkylation sites (N-methyl/N-ethyl adjacent to an activating group) is 1. The van der Waals surface area contributed by atoms with Crippen molar-refractivity contribution < 1.29 is 13.9 Å². The minimum Gasteiger partial charge on any atom is -0.383 e. The average molecular weight is 225 g/mol. The first-order chi connectivity index (χ1) is 7.56. The first-order valence-electron chi connectivity index (χ1n) is 5.07. The van der Waals surface area contributed by atoms with Crippen molar-refractivity contribution in [2.45, 2.75) is 6.92 Å². The van der Waals surface area contributed by atoms with Crippen LogP contribution in [-0.2, 0) is 4.74 Å². The smallest absolute Gasteiger partial charge is 0.253 e. The molecule has 1 amide bonds. The van der Waals surface area contributed by atoms with E-state index in [1.807, 2.05) is 0 Å². The Hall–Kier alpha value is -1.42. The highest BCUT2D eigenvalue weighted by Gasteiger charge is 2.13. The van der Waals surface area contributed by atoms with Gasteiger partial charge in [-0.25, -0.2) is 4.39 Å². The molecule has 88 valence electrons. The maximum absolute atomic E-state index is 12.9. The molecule has 0 atom stereocenters. The van der Waals surface area contributed by atoms with Gasteiger partial charge in [-0.2, -0.15) is 0 Å². The average Bonchev–Trinajstić information content (AvgIpc) is 2.25. The lowest BCUT2D eigenvalue weighted by Crippen LogP contribution is -2.30. The molecule has 1 aromatic carbocycles. The standard InChI is InChI=1S/C12H16FNO2/c1-9-8-10(13)4-5-11(9)12(15)14(2)6-7-16-3/h4-5,8H,6-7H2,1-3H3. The molecule has 0 bridgehead atoms. The van der Waals surface area contributed by atoms with Crippen LogP contribution in [0.25, 0.3) is 0 Å². The summed E-state index contributed by atoms with van der Waals surface area (Å²) in [6.45, 7) is 2.73. The monoisotopic (exact) mass is 225 g/mol. The van der Waals surface area contributed by atoms with E-state index < -0.39 is 0 Å². The molecule has 0 aliphatic rings. The van der Waals surface area contributed by atoms with Gasteiger partial charge in [0, 0.05) is 26.3 Å². The minimum absolute atomic E-state index is 0.116. The molecule has 0 unspecified atom stereocenters. The lowest BCUT2D eigenvalue weighted by Gasteiger charge is -2.17. The Morgan fingerprint density at radius 2 is 2.19 bits per heavy atom. The van der Waals surface area contributed by atoms with Crippen molar-refractivity contribution in [3.8, 4) is 0 Å². The third-order valence-corrected chi connectivity index (χ3v) is 2.40. The highest BCUT2D eigenvalue weighted by molar-refractivity contribution is 5.95. The first kappa shape index (κ1) is 12.6. The van der Waals surface area contributed by atoms with Gasteiger partial charge in [0.05, 0.1) is 6.61 Å². The molecule has 0 aliphatic carbocycles. The molecule has 1 rings (SSSR count). The van der Waals surface area contributed by atoms with E-state index >= 15 is 0 Å². The van der Waals surface area contributed by atoms with E-state index in [1.165, 1.54) is 18.2 Å². The van der Waals surface area contributed by atoms with Crippen molar-refractivity contribution in [2.24, 2.45) is 0 Å². The van der Waals surface area contributed by atoms with Crippen LogP contribution in [0.3, 0.4) is 0 Å². The fourth-order valence-corrected chi connectivity index (χ4v) is 1.40. The molecule has 0 aromatic heterocycles. The van der Waals surface area contributed by atoms with Crippen molar-refractivity contribution in [3.05, 3.63) is 35.1 Å². The highest BCUT2D eigenvalue weighted by atomic mass is 19.1. The summed E-state index contributed by atoms with van der Waals surface area (Å²) in [5, 5.41) is 0. The summed E-state index contributed by atoms with van der Waals surface area (Å²) < 4.78 is 17.8. The van der Waals surface area contributed by atoms with Gasteiger partial charge >= 0.3 is 0 Å². The Morgan fingerprint density at radius 1 is 1.50 bits per heavy atom. The van der Waals surface area contributed by atoms with E-state index in [0.717, 1.165) is 0 Å². The van der Waals surface area contributed by atoms with Crippen LogP contribution in [0.5, 0.6) is 0 Å². The zero-order chi connectivity index (χ0) is 12.1. The number of methoxy groups -OCH3 is 1. The number of rotatable bonds is 4. The molecule has 0 spiro atoms. The molecule has 0 fully saturated rings. The number of benzene rings is 1. The van der Waals surface area contributed by atoms with Crippen molar-refractivity contribution in [3.63, 3.8) is 0 Å². The number of carbonyl (C=O) groups is 1. The summed E-state index contributed by atoms with van der Waals surface area (Å²) in [5.74, 6) is -0.442. The third-order valence-electron chi connectivity index (χ3n) is 2.40. The zero-order valence-corrected chi connectivity index (χ0v) is 9.79. The van der Waals surface area contributed by atoms with Gasteiger partial charge in [-0.3, -0.25) is 4.79 Å². The SMILES string of the molecule is COCCN(C)C(=O)c1ccc(F)cc1C. The Kier molecular flexibility index (Phi) is 4.43. The summed E-state index contributed by atoms with van der Waals surface area (Å²) in [6, 6.07) is 4.16. The Morgan fingerprint density at radius 3 is 2.75 bits per heavy atom. The number of nitrogens with zero attached hydrogens (tertiary/aromatic N) is 1. The van der Waals surface area contributed by atoms with Gasteiger partial charge < -0.3 is 9.64 Å². The largest absolute Gasteiger partial charge is 0.383 e. The molecular formula is C12H16FNO2. The molecule has 4 heteroatoms. The maximum Gasteiger partial charge on any atom is 0.253 e. The quantitative estimate of drug-likeness (QED) is 0.782. The van der Waals surface area contributed by atoms with Crippen LogP contribution in [-0.4, -0.2) is 38.1 Å². The maximum atomic E-state index is 12.9. The molecule has 0 N–H and O–H groups in total. The van der Waals surface area contributed by atoms with Crippen molar-refractivity contribution >= 4 is 5.91 Å². The van der Waals surface area contributed by atoms with E-state index in [4.69, 9.17) is 4.74 Å². The molecule has 0 heterocycles. The molecule has 3 nitrogen and oxygen atoms in total. The summed E-state index contributed by atoms with van der Waals surface area (Å²) in [5.41, 5.74) is 1.18. The van der Waals surface area contributed by atoms with Crippen LogP contribution in [0.1, 0.15) is 15.9 Å². The van der Waals surface area contributed by atoms with Gasteiger partial charge in [0.1, 0.15) is 5.82 Å². The normalized spacial score (nSPS) is 10.2. The number of hydrogen-bond acceptors (Lipinski definition) is 2. The number of carbonyl (C=O) groups excluding carboxylic acids is 1. The summed E-state index contributed by atoms with van der Waals surface area (Å²) >= 11 is 0. The fraction of sp³-hybridized carbons (Fsp3) is 0.417. The molecule has 0 saturated carbocycles. The zero-order valence-electron chi connectivity index (χ0n) is 9.79. The number of amides is 1. The van der Waals surface area contributed by atoms with Gasteiger partial charge in [-0.05, 0) is 30.7 Å². The van der Waals surface area contributed by atoms with Gasteiger partial charge in [0.15, 0.2) is 0 Å². The van der Waals surface area contributed by atoms with Crippen molar-refractivity contribution in [2.75, 3.05) is 27.3 Å². The molecule has 16 heavy (non-hydrogen) atoms. The molecule has 0 aliphatic heterocycles. The van der Waals surface area contributed by atoms with E-state index in [1.54, 1.807) is 26.0 Å². The van der Waals surface area contributed by atoms with Gasteiger partial charge in [-0.15, -0.1) is 0 Å². The minimum atomic E-state index is -0.325. The lowest BCUT2D eigenvalue weighted by atomic mass is 10.1. The summed E-state index contributed by atoms with van der Waals surface area (Å²) in [7, 11) is 3.28. The molecule has 0 saturated heterocycles. The Labute approximate surface area is 94.8 Å². The van der Waals surface area contributed by atoms with Crippen LogP contribution in [0.2, 0.25) is 0 Å². The van der Waals surface area contributed by atoms with Crippen molar-refractivity contribution in [1.82, 2.24) is 4.90 Å². The molecule has 0 radical (unpaired) electrons. The number of halogens is 1. The summed E-state index contributed by atoms with van der Waals surface area (Å²) in [6.07, 6.45) is 0. The number of aryl methyl sites for hydroxylation is 1. The van der Waals surface area contributed by atoms with Gasteiger partial charge in [0.25, 0.3) is 5.91 Å². The molecule has 1 aromatic rings. The Balaban J connectivity index is 2.79. The number of hydrogen-bond donors (Lipinski definition) is 0. The van der Waals surface area contributed by atoms with Gasteiger partial charge in [0.2, 0.25) is 0 Å². The van der Waals surface area contributed by atoms with Crippen LogP contribution in [0.15, 0.2) is 18.2 Å². The summed E-state index contributed by atoms with van der Waals surface area (Å²) in [4.78, 5) is 13.5. The predicted octanol–water partition coefficient (Wildman–Crippen LogP) is 1.85. The topological polar surface area (TPSA) is 29.5 Å². The van der Waals surface area contributed by atoms with Crippen LogP contribution in [0.4, 0.5) is 4.39 Å². The van der Waals surface area contributed by atoms with E-state index in [2.05, 4.69) is 0 Å². The lowest BCUT2D eigenvalue weighted by molar-refractivity contribution is 0.0743. The second-order valence-corrected chi connectivity index (χ2v) is 3.68. The highest BCUT2D eigenvalue weighted by Crippen LogP contribution is 2.12. The second-order valence-electron chi connectivity index (χ2n) is 3.68. The Bertz CT molecular complexity index is 379. The number of ether oxygens (including phenoxy) is 1. The fourth-order valence-electron chi connectivity index (χ4n) is 1.40. The predicted molar refractivity (Wildman–Crippen MR) is 60.0 cm³/mol. The van der Waals surface area contributed by atoms with E-state index in [9.17, 15) is 9.18 Å². The molecular weight excluding hydrogens is 209 g/mol. The van der Waals surface area contributed by atoms with Gasteiger partial charge in [-0.1, -0.05) is 0 Å². The second kappa shape index (κ2) is 5.61. The van der Waals surface area contributed by atoms with E-state index in [-0.39, 0.29) is 11.7 Å².